The molecule has 1 N–H and O–H groups in total. The van der Waals surface area contributed by atoms with Gasteiger partial charge in [-0.1, -0.05) is 30.3 Å². The smallest absolute Gasteiger partial charge is 0.265 e. The van der Waals surface area contributed by atoms with Gasteiger partial charge in [-0.25, -0.2) is 4.98 Å². The molecule has 1 aliphatic heterocycles. The summed E-state index contributed by atoms with van der Waals surface area (Å²) in [5.74, 6) is -0.124. The third-order valence-electron chi connectivity index (χ3n) is 5.50. The number of benzene rings is 1. The maximum atomic E-state index is 13.7. The fraction of sp³-hybridized carbons (Fsp3) is 0.286. The van der Waals surface area contributed by atoms with E-state index in [4.69, 9.17) is 21.1 Å². The Morgan fingerprint density at radius 1 is 1.28 bits per heavy atom. The van der Waals surface area contributed by atoms with E-state index < -0.39 is 27.2 Å². The minimum atomic E-state index is -4.05. The number of hydrogen-bond donors (Lipinski definition) is 1. The van der Waals surface area contributed by atoms with Gasteiger partial charge in [-0.2, -0.15) is 8.42 Å². The Kier molecular flexibility index (Phi) is 5.70. The Labute approximate surface area is 195 Å². The Bertz CT molecular complexity index is 1220. The number of thiocarbonyl (C=S) groups is 1. The molecule has 0 saturated carbocycles. The molecule has 1 saturated heterocycles. The summed E-state index contributed by atoms with van der Waals surface area (Å²) in [6.07, 6.45) is 4.32. The van der Waals surface area contributed by atoms with E-state index in [9.17, 15) is 13.2 Å². The van der Waals surface area contributed by atoms with Crippen LogP contribution in [0.15, 0.2) is 59.1 Å². The van der Waals surface area contributed by atoms with Crippen molar-refractivity contribution in [3.05, 3.63) is 70.4 Å². The number of hydrogen-bond acceptors (Lipinski definition) is 8. The van der Waals surface area contributed by atoms with Crippen molar-refractivity contribution in [2.75, 3.05) is 20.4 Å². The van der Waals surface area contributed by atoms with E-state index in [0.717, 1.165) is 17.4 Å². The predicted molar refractivity (Wildman–Crippen MR) is 125 cm³/mol. The highest BCUT2D eigenvalue weighted by Gasteiger charge is 2.66. The first-order chi connectivity index (χ1) is 15.1. The van der Waals surface area contributed by atoms with Crippen LogP contribution in [0.3, 0.4) is 0 Å². The Hall–Kier alpha value is -2.60. The molecule has 0 bridgehead atoms. The number of thiazole rings is 1. The summed E-state index contributed by atoms with van der Waals surface area (Å²) in [5.41, 5.74) is -0.0148. The Balaban J connectivity index is 2.02. The largest absolute Gasteiger partial charge is 0.497 e. The molecule has 1 fully saturated rings. The van der Waals surface area contributed by atoms with E-state index in [1.165, 1.54) is 36.5 Å². The number of allylic oxidation sites excluding steroid dienone is 1. The van der Waals surface area contributed by atoms with Gasteiger partial charge in [-0.05, 0) is 35.5 Å². The van der Waals surface area contributed by atoms with Crippen LogP contribution in [0.25, 0.3) is 5.57 Å². The maximum Gasteiger partial charge on any atom is 0.265 e. The first kappa shape index (κ1) is 22.6. The molecule has 0 radical (unpaired) electrons. The molecule has 8 nitrogen and oxygen atoms in total. The van der Waals surface area contributed by atoms with Crippen molar-refractivity contribution in [1.29, 1.82) is 0 Å². The zero-order valence-electron chi connectivity index (χ0n) is 17.6. The average Bonchev–Trinajstić information content (AvgIpc) is 3.37. The average molecular weight is 492 g/mol. The zero-order valence-corrected chi connectivity index (χ0v) is 20.0. The lowest BCUT2D eigenvalue weighted by Gasteiger charge is -2.44. The number of likely N-dealkylation sites (N-methyl/N-ethyl adjacent to an activating group) is 1. The van der Waals surface area contributed by atoms with Gasteiger partial charge in [0, 0.05) is 18.8 Å². The minimum absolute atomic E-state index is 0.0453. The molecule has 0 spiro atoms. The van der Waals surface area contributed by atoms with Gasteiger partial charge in [0.25, 0.3) is 16.0 Å². The summed E-state index contributed by atoms with van der Waals surface area (Å²) in [5, 5.41) is 4.88. The van der Waals surface area contributed by atoms with Crippen LogP contribution in [0.5, 0.6) is 0 Å². The topological polar surface area (TPSA) is 97.8 Å². The standard InChI is InChI=1S/C21H21N3O5S3/c1-24-18(25)21(23-19(24)30,17-12-31-13-22-17)20(29-32(3,26)27)10-15(9-16(11-20)28-2)14-7-5-4-6-8-14/h4-9,11-13H,10H2,1-3H3,(H,23,30). The van der Waals surface area contributed by atoms with E-state index in [1.54, 1.807) is 17.0 Å². The lowest BCUT2D eigenvalue weighted by Crippen LogP contribution is -2.63. The summed E-state index contributed by atoms with van der Waals surface area (Å²) in [4.78, 5) is 19.4. The summed E-state index contributed by atoms with van der Waals surface area (Å²) >= 11 is 6.66. The van der Waals surface area contributed by atoms with Crippen molar-refractivity contribution >= 4 is 50.3 Å². The molecule has 1 amide bonds. The molecule has 32 heavy (non-hydrogen) atoms. The third kappa shape index (κ3) is 3.64. The number of carbonyl (C=O) groups is 1. The van der Waals surface area contributed by atoms with Crippen LogP contribution in [0.2, 0.25) is 0 Å². The fourth-order valence-corrected chi connectivity index (χ4v) is 5.74. The van der Waals surface area contributed by atoms with Gasteiger partial charge in [0.15, 0.2) is 16.3 Å². The highest BCUT2D eigenvalue weighted by atomic mass is 32.2. The number of methoxy groups -OCH3 is 1. The molecule has 1 aromatic heterocycles. The molecule has 2 aliphatic rings. The number of ether oxygens (including phenoxy) is 1. The van der Waals surface area contributed by atoms with E-state index in [0.29, 0.717) is 11.5 Å². The Morgan fingerprint density at radius 3 is 2.53 bits per heavy atom. The fourth-order valence-electron chi connectivity index (χ4n) is 4.13. The highest BCUT2D eigenvalue weighted by molar-refractivity contribution is 7.86. The molecular formula is C21H21N3O5S3. The molecule has 2 atom stereocenters. The highest BCUT2D eigenvalue weighted by Crippen LogP contribution is 2.49. The maximum absolute atomic E-state index is 13.7. The van der Waals surface area contributed by atoms with Crippen molar-refractivity contribution in [2.24, 2.45) is 0 Å². The summed E-state index contributed by atoms with van der Waals surface area (Å²) in [7, 11) is -1.05. The molecule has 1 aromatic carbocycles. The van der Waals surface area contributed by atoms with Crippen molar-refractivity contribution in [3.63, 3.8) is 0 Å². The van der Waals surface area contributed by atoms with Gasteiger partial charge in [-0.15, -0.1) is 11.3 Å². The van der Waals surface area contributed by atoms with Gasteiger partial charge in [0.1, 0.15) is 5.76 Å². The van der Waals surface area contributed by atoms with Crippen molar-refractivity contribution in [1.82, 2.24) is 15.2 Å². The number of aromatic nitrogens is 1. The molecule has 2 aromatic rings. The van der Waals surface area contributed by atoms with Gasteiger partial charge in [0.2, 0.25) is 0 Å². The summed E-state index contributed by atoms with van der Waals surface area (Å²) < 4.78 is 36.5. The molecule has 2 heterocycles. The number of rotatable bonds is 6. The number of carbonyl (C=O) groups excluding carboxylic acids is 1. The monoisotopic (exact) mass is 491 g/mol. The molecule has 168 valence electrons. The number of nitrogens with zero attached hydrogens (tertiary/aromatic N) is 2. The van der Waals surface area contributed by atoms with Gasteiger partial charge < -0.3 is 10.1 Å². The van der Waals surface area contributed by atoms with Crippen LogP contribution < -0.4 is 5.32 Å². The molecule has 1 aliphatic carbocycles. The van der Waals surface area contributed by atoms with E-state index in [1.807, 2.05) is 30.3 Å². The van der Waals surface area contributed by atoms with Crippen LogP contribution in [0, 0.1) is 0 Å². The zero-order chi connectivity index (χ0) is 23.1. The van der Waals surface area contributed by atoms with Crippen LogP contribution in [0.4, 0.5) is 0 Å². The molecule has 11 heteroatoms. The van der Waals surface area contributed by atoms with Gasteiger partial charge in [-0.3, -0.25) is 13.9 Å². The first-order valence-corrected chi connectivity index (χ1v) is 12.7. The van der Waals surface area contributed by atoms with Crippen LogP contribution in [-0.4, -0.2) is 55.3 Å². The molecular weight excluding hydrogens is 470 g/mol. The second-order valence-electron chi connectivity index (χ2n) is 7.56. The first-order valence-electron chi connectivity index (χ1n) is 9.54. The predicted octanol–water partition coefficient (Wildman–Crippen LogP) is 2.42. The molecule has 4 rings (SSSR count). The van der Waals surface area contributed by atoms with Gasteiger partial charge >= 0.3 is 0 Å². The second-order valence-corrected chi connectivity index (χ2v) is 10.2. The quantitative estimate of drug-likeness (QED) is 0.486. The number of amides is 1. The van der Waals surface area contributed by atoms with Crippen molar-refractivity contribution < 1.29 is 22.1 Å². The van der Waals surface area contributed by atoms with Gasteiger partial charge in [0.05, 0.1) is 24.6 Å². The number of nitrogens with one attached hydrogen (secondary N) is 1. The van der Waals surface area contributed by atoms with E-state index >= 15 is 0 Å². The van der Waals surface area contributed by atoms with Crippen LogP contribution in [-0.2, 0) is 29.4 Å². The Morgan fingerprint density at radius 2 is 2.00 bits per heavy atom. The van der Waals surface area contributed by atoms with E-state index in [-0.39, 0.29) is 11.5 Å². The third-order valence-corrected chi connectivity index (χ3v) is 7.06. The second kappa shape index (κ2) is 8.07. The van der Waals surface area contributed by atoms with Crippen LogP contribution in [0.1, 0.15) is 17.7 Å². The minimum Gasteiger partial charge on any atom is -0.497 e. The summed E-state index contributed by atoms with van der Waals surface area (Å²) in [6.45, 7) is 0. The van der Waals surface area contributed by atoms with Crippen molar-refractivity contribution in [2.45, 2.75) is 17.6 Å². The molecule has 2 unspecified atom stereocenters. The lowest BCUT2D eigenvalue weighted by molar-refractivity contribution is -0.137. The lowest BCUT2D eigenvalue weighted by atomic mass is 9.70. The summed E-state index contributed by atoms with van der Waals surface area (Å²) in [6, 6.07) is 9.42. The SMILES string of the molecule is COC1=CC(OS(C)(=O)=O)(C2(c3cscn3)NC(=S)N(C)C2=O)CC(c2ccccc2)=C1. The van der Waals surface area contributed by atoms with Crippen LogP contribution >= 0.6 is 23.6 Å². The van der Waals surface area contributed by atoms with E-state index in [2.05, 4.69) is 10.3 Å². The normalized spacial score (nSPS) is 25.9. The van der Waals surface area contributed by atoms with Crippen molar-refractivity contribution in [3.8, 4) is 0 Å².